The first-order valence-corrected chi connectivity index (χ1v) is 5.81. The molecule has 0 saturated carbocycles. The topological polar surface area (TPSA) is 39.2 Å². The second-order valence-electron chi connectivity index (χ2n) is 3.08. The van der Waals surface area contributed by atoms with Crippen LogP contribution in [0.25, 0.3) is 0 Å². The van der Waals surface area contributed by atoms with Crippen molar-refractivity contribution < 1.29 is 22.7 Å². The Morgan fingerprint density at radius 3 is 2.76 bits per heavy atom. The van der Waals surface area contributed by atoms with Crippen LogP contribution in [0.1, 0.15) is 24.5 Å². The minimum absolute atomic E-state index is 0.00995. The summed E-state index contributed by atoms with van der Waals surface area (Å²) in [7, 11) is 0. The van der Waals surface area contributed by atoms with E-state index in [0.717, 1.165) is 6.20 Å². The van der Waals surface area contributed by atoms with E-state index in [4.69, 9.17) is 0 Å². The summed E-state index contributed by atoms with van der Waals surface area (Å²) in [5, 5.41) is 0. The number of esters is 1. The SMILES string of the molecule is CCOC(=O)Cc1cnc(F)c(I)c1C(F)F. The molecule has 1 heterocycles. The Morgan fingerprint density at radius 1 is 1.59 bits per heavy atom. The number of carbonyl (C=O) groups excluding carboxylic acids is 1. The lowest BCUT2D eigenvalue weighted by Gasteiger charge is -2.10. The Morgan fingerprint density at radius 2 is 2.24 bits per heavy atom. The molecule has 1 aromatic heterocycles. The van der Waals surface area contributed by atoms with Crippen LogP contribution in [0.5, 0.6) is 0 Å². The number of hydrogen-bond acceptors (Lipinski definition) is 3. The van der Waals surface area contributed by atoms with Crippen LogP contribution in [0.15, 0.2) is 6.20 Å². The maximum atomic E-state index is 13.0. The molecular formula is C10H9F3INO2. The third kappa shape index (κ3) is 3.55. The normalized spacial score (nSPS) is 10.7. The summed E-state index contributed by atoms with van der Waals surface area (Å²) >= 11 is 1.44. The van der Waals surface area contributed by atoms with E-state index in [1.807, 2.05) is 0 Å². The van der Waals surface area contributed by atoms with Crippen LogP contribution in [-0.4, -0.2) is 17.6 Å². The van der Waals surface area contributed by atoms with E-state index in [9.17, 15) is 18.0 Å². The van der Waals surface area contributed by atoms with Crippen molar-refractivity contribution in [1.82, 2.24) is 4.98 Å². The van der Waals surface area contributed by atoms with Crippen LogP contribution in [0, 0.1) is 9.52 Å². The lowest BCUT2D eigenvalue weighted by Crippen LogP contribution is -2.12. The average Bonchev–Trinajstić information content (AvgIpc) is 2.23. The predicted octanol–water partition coefficient (Wildman–Crippen LogP) is 2.87. The van der Waals surface area contributed by atoms with E-state index in [1.54, 1.807) is 6.92 Å². The molecule has 0 amide bonds. The number of ether oxygens (including phenoxy) is 1. The summed E-state index contributed by atoms with van der Waals surface area (Å²) in [6, 6.07) is 0. The fourth-order valence-corrected chi connectivity index (χ4v) is 1.98. The molecule has 94 valence electrons. The van der Waals surface area contributed by atoms with Crippen molar-refractivity contribution in [2.24, 2.45) is 0 Å². The Bertz CT molecular complexity index is 426. The molecule has 0 fully saturated rings. The first kappa shape index (κ1) is 14.2. The lowest BCUT2D eigenvalue weighted by molar-refractivity contribution is -0.142. The van der Waals surface area contributed by atoms with Gasteiger partial charge in [-0.25, -0.2) is 13.8 Å². The van der Waals surface area contributed by atoms with Crippen molar-refractivity contribution in [2.75, 3.05) is 6.61 Å². The standard InChI is InChI=1S/C10H9F3INO2/c1-2-17-6(16)3-5-4-15-10(13)8(14)7(5)9(11)12/h4,9H,2-3H2,1H3. The molecule has 1 aromatic rings. The van der Waals surface area contributed by atoms with Crippen molar-refractivity contribution in [3.8, 4) is 0 Å². The van der Waals surface area contributed by atoms with Crippen LogP contribution in [-0.2, 0) is 16.0 Å². The first-order chi connectivity index (χ1) is 7.97. The second kappa shape index (κ2) is 6.18. The molecule has 0 N–H and O–H groups in total. The summed E-state index contributed by atoms with van der Waals surface area (Å²) in [5.74, 6) is -1.60. The zero-order chi connectivity index (χ0) is 13.0. The molecule has 1 rings (SSSR count). The Hall–Kier alpha value is -0.860. The summed E-state index contributed by atoms with van der Waals surface area (Å²) in [6.07, 6.45) is -2.25. The summed E-state index contributed by atoms with van der Waals surface area (Å²) in [6.45, 7) is 1.77. The van der Waals surface area contributed by atoms with Gasteiger partial charge in [0.05, 0.1) is 16.6 Å². The molecule has 0 saturated heterocycles. The molecule has 0 aliphatic heterocycles. The van der Waals surface area contributed by atoms with Gasteiger partial charge in [-0.2, -0.15) is 4.39 Å². The molecule has 0 unspecified atom stereocenters. The third-order valence-electron chi connectivity index (χ3n) is 1.96. The summed E-state index contributed by atoms with van der Waals surface area (Å²) < 4.78 is 42.9. The zero-order valence-electron chi connectivity index (χ0n) is 8.84. The fraction of sp³-hybridized carbons (Fsp3) is 0.400. The smallest absolute Gasteiger partial charge is 0.310 e. The number of alkyl halides is 2. The molecule has 7 heteroatoms. The van der Waals surface area contributed by atoms with Crippen LogP contribution >= 0.6 is 22.6 Å². The van der Waals surface area contributed by atoms with E-state index in [-0.39, 0.29) is 22.2 Å². The third-order valence-corrected chi connectivity index (χ3v) is 2.98. The van der Waals surface area contributed by atoms with Gasteiger partial charge in [0.1, 0.15) is 0 Å². The first-order valence-electron chi connectivity index (χ1n) is 4.73. The van der Waals surface area contributed by atoms with Crippen molar-refractivity contribution in [1.29, 1.82) is 0 Å². The van der Waals surface area contributed by atoms with E-state index in [1.165, 1.54) is 22.6 Å². The summed E-state index contributed by atoms with van der Waals surface area (Å²) in [4.78, 5) is 14.5. The fourth-order valence-electron chi connectivity index (χ4n) is 1.26. The molecule has 0 aliphatic carbocycles. The second-order valence-corrected chi connectivity index (χ2v) is 4.16. The molecular weight excluding hydrogens is 350 g/mol. The number of halogens is 4. The molecule has 0 spiro atoms. The quantitative estimate of drug-likeness (QED) is 0.472. The van der Waals surface area contributed by atoms with E-state index >= 15 is 0 Å². The Kier molecular flexibility index (Phi) is 5.16. The Balaban J connectivity index is 3.07. The molecule has 0 radical (unpaired) electrons. The highest BCUT2D eigenvalue weighted by atomic mass is 127. The lowest BCUT2D eigenvalue weighted by atomic mass is 10.1. The molecule has 0 aromatic carbocycles. The maximum Gasteiger partial charge on any atom is 0.310 e. The largest absolute Gasteiger partial charge is 0.466 e. The number of carbonyl (C=O) groups is 1. The molecule has 17 heavy (non-hydrogen) atoms. The van der Waals surface area contributed by atoms with Crippen molar-refractivity contribution in [2.45, 2.75) is 19.8 Å². The van der Waals surface area contributed by atoms with Crippen LogP contribution in [0.4, 0.5) is 13.2 Å². The zero-order valence-corrected chi connectivity index (χ0v) is 11.0. The Labute approximate surface area is 110 Å². The van der Waals surface area contributed by atoms with Gasteiger partial charge in [0.15, 0.2) is 0 Å². The molecule has 3 nitrogen and oxygen atoms in total. The van der Waals surface area contributed by atoms with Crippen molar-refractivity contribution in [3.05, 3.63) is 26.8 Å². The van der Waals surface area contributed by atoms with Gasteiger partial charge in [-0.05, 0) is 35.1 Å². The highest BCUT2D eigenvalue weighted by Gasteiger charge is 2.22. The predicted molar refractivity (Wildman–Crippen MR) is 62.2 cm³/mol. The highest BCUT2D eigenvalue weighted by molar-refractivity contribution is 14.1. The van der Waals surface area contributed by atoms with Gasteiger partial charge in [-0.15, -0.1) is 0 Å². The van der Waals surface area contributed by atoms with Crippen LogP contribution < -0.4 is 0 Å². The molecule has 0 aliphatic rings. The van der Waals surface area contributed by atoms with Crippen LogP contribution in [0.3, 0.4) is 0 Å². The average molecular weight is 359 g/mol. The van der Waals surface area contributed by atoms with Gasteiger partial charge in [0.25, 0.3) is 6.43 Å². The monoisotopic (exact) mass is 359 g/mol. The molecule has 0 atom stereocenters. The number of nitrogens with zero attached hydrogens (tertiary/aromatic N) is 1. The molecule has 0 bridgehead atoms. The van der Waals surface area contributed by atoms with Gasteiger partial charge < -0.3 is 4.74 Å². The van der Waals surface area contributed by atoms with Gasteiger partial charge in [-0.3, -0.25) is 4.79 Å². The highest BCUT2D eigenvalue weighted by Crippen LogP contribution is 2.29. The van der Waals surface area contributed by atoms with Gasteiger partial charge in [-0.1, -0.05) is 0 Å². The number of aromatic nitrogens is 1. The van der Waals surface area contributed by atoms with Gasteiger partial charge in [0.2, 0.25) is 5.95 Å². The van der Waals surface area contributed by atoms with Gasteiger partial charge >= 0.3 is 5.97 Å². The van der Waals surface area contributed by atoms with Gasteiger partial charge in [0, 0.05) is 11.8 Å². The van der Waals surface area contributed by atoms with E-state index in [2.05, 4.69) is 9.72 Å². The number of rotatable bonds is 4. The van der Waals surface area contributed by atoms with E-state index < -0.39 is 23.9 Å². The number of hydrogen-bond donors (Lipinski definition) is 0. The maximum absolute atomic E-state index is 13.0. The van der Waals surface area contributed by atoms with E-state index in [0.29, 0.717) is 0 Å². The number of pyridine rings is 1. The minimum atomic E-state index is -2.86. The summed E-state index contributed by atoms with van der Waals surface area (Å²) in [5.41, 5.74) is -0.504. The van der Waals surface area contributed by atoms with Crippen molar-refractivity contribution >= 4 is 28.6 Å². The van der Waals surface area contributed by atoms with Crippen LogP contribution in [0.2, 0.25) is 0 Å². The minimum Gasteiger partial charge on any atom is -0.466 e. The van der Waals surface area contributed by atoms with Crippen molar-refractivity contribution in [3.63, 3.8) is 0 Å².